The summed E-state index contributed by atoms with van der Waals surface area (Å²) >= 11 is 0. The summed E-state index contributed by atoms with van der Waals surface area (Å²) in [5.41, 5.74) is 3.30. The van der Waals surface area contributed by atoms with Crippen LogP contribution in [0.2, 0.25) is 0 Å². The average molecular weight is 385 g/mol. The first kappa shape index (κ1) is 18.9. The molecule has 0 fully saturated rings. The van der Waals surface area contributed by atoms with Crippen LogP contribution in [0.5, 0.6) is 5.75 Å². The fraction of sp³-hybridized carbons (Fsp3) is 0.200. The van der Waals surface area contributed by atoms with Crippen molar-refractivity contribution >= 4 is 17.5 Å². The van der Waals surface area contributed by atoms with Crippen molar-refractivity contribution in [3.05, 3.63) is 83.9 Å². The first-order valence-electron chi connectivity index (χ1n) is 10.0. The minimum Gasteiger partial charge on any atom is -0.491 e. The van der Waals surface area contributed by atoms with Gasteiger partial charge in [0, 0.05) is 0 Å². The Bertz CT molecular complexity index is 1010. The SMILES string of the molecule is CCCCCOc1ccc(-c2ccccc2)cc1N1C(=O)c2ccccc2C1=O. The summed E-state index contributed by atoms with van der Waals surface area (Å²) < 4.78 is 5.99. The van der Waals surface area contributed by atoms with Crippen molar-refractivity contribution < 1.29 is 14.3 Å². The van der Waals surface area contributed by atoms with Gasteiger partial charge in [0.1, 0.15) is 5.75 Å². The van der Waals surface area contributed by atoms with E-state index < -0.39 is 0 Å². The molecule has 0 unspecified atom stereocenters. The highest BCUT2D eigenvalue weighted by atomic mass is 16.5. The van der Waals surface area contributed by atoms with Crippen LogP contribution in [0.25, 0.3) is 11.1 Å². The molecule has 0 aliphatic carbocycles. The van der Waals surface area contributed by atoms with Gasteiger partial charge < -0.3 is 4.74 Å². The molecule has 0 atom stereocenters. The van der Waals surface area contributed by atoms with Gasteiger partial charge in [-0.1, -0.05) is 68.3 Å². The Morgan fingerprint density at radius 2 is 1.41 bits per heavy atom. The molecule has 1 aliphatic heterocycles. The van der Waals surface area contributed by atoms with E-state index in [4.69, 9.17) is 4.74 Å². The molecule has 4 heteroatoms. The van der Waals surface area contributed by atoms with Gasteiger partial charge in [-0.25, -0.2) is 4.90 Å². The van der Waals surface area contributed by atoms with Gasteiger partial charge in [0.25, 0.3) is 11.8 Å². The minimum absolute atomic E-state index is 0.311. The highest BCUT2D eigenvalue weighted by Gasteiger charge is 2.37. The summed E-state index contributed by atoms with van der Waals surface area (Å²) in [5, 5.41) is 0. The molecule has 0 spiro atoms. The highest BCUT2D eigenvalue weighted by Crippen LogP contribution is 2.38. The number of nitrogens with zero attached hydrogens (tertiary/aromatic N) is 1. The van der Waals surface area contributed by atoms with E-state index in [1.54, 1.807) is 24.3 Å². The van der Waals surface area contributed by atoms with Crippen LogP contribution in [0.15, 0.2) is 72.8 Å². The van der Waals surface area contributed by atoms with Crippen LogP contribution < -0.4 is 9.64 Å². The highest BCUT2D eigenvalue weighted by molar-refractivity contribution is 6.34. The Kier molecular flexibility index (Phi) is 5.43. The fourth-order valence-electron chi connectivity index (χ4n) is 3.57. The quantitative estimate of drug-likeness (QED) is 0.386. The molecule has 3 aromatic carbocycles. The number of carbonyl (C=O) groups excluding carboxylic acids is 2. The van der Waals surface area contributed by atoms with Gasteiger partial charge in [0.2, 0.25) is 0 Å². The van der Waals surface area contributed by atoms with Gasteiger partial charge in [-0.15, -0.1) is 0 Å². The van der Waals surface area contributed by atoms with Gasteiger partial charge in [-0.2, -0.15) is 0 Å². The number of benzene rings is 3. The molecule has 0 saturated carbocycles. The minimum atomic E-state index is -0.311. The lowest BCUT2D eigenvalue weighted by Crippen LogP contribution is -2.30. The molecule has 0 aromatic heterocycles. The van der Waals surface area contributed by atoms with Gasteiger partial charge >= 0.3 is 0 Å². The van der Waals surface area contributed by atoms with Crippen molar-refractivity contribution in [3.63, 3.8) is 0 Å². The van der Waals surface area contributed by atoms with Crippen molar-refractivity contribution in [2.45, 2.75) is 26.2 Å². The number of rotatable bonds is 7. The van der Waals surface area contributed by atoms with Crippen LogP contribution in [0.4, 0.5) is 5.69 Å². The molecule has 29 heavy (non-hydrogen) atoms. The van der Waals surface area contributed by atoms with Crippen LogP contribution in [-0.4, -0.2) is 18.4 Å². The van der Waals surface area contributed by atoms with E-state index in [-0.39, 0.29) is 11.8 Å². The average Bonchev–Trinajstić information content (AvgIpc) is 3.02. The molecule has 4 nitrogen and oxygen atoms in total. The lowest BCUT2D eigenvalue weighted by Gasteiger charge is -2.20. The van der Waals surface area contributed by atoms with Crippen LogP contribution >= 0.6 is 0 Å². The van der Waals surface area contributed by atoms with Crippen LogP contribution in [-0.2, 0) is 0 Å². The van der Waals surface area contributed by atoms with Crippen molar-refractivity contribution in [1.82, 2.24) is 0 Å². The summed E-state index contributed by atoms with van der Waals surface area (Å²) in [5.74, 6) is -0.0706. The Morgan fingerprint density at radius 1 is 0.759 bits per heavy atom. The number of carbonyl (C=O) groups is 2. The van der Waals surface area contributed by atoms with Crippen molar-refractivity contribution in [2.24, 2.45) is 0 Å². The molecule has 2 amide bonds. The summed E-state index contributed by atoms with van der Waals surface area (Å²) in [6.45, 7) is 2.69. The predicted octanol–water partition coefficient (Wildman–Crippen LogP) is 5.72. The Morgan fingerprint density at radius 3 is 2.07 bits per heavy atom. The Balaban J connectivity index is 1.75. The predicted molar refractivity (Wildman–Crippen MR) is 114 cm³/mol. The van der Waals surface area contributed by atoms with Crippen molar-refractivity contribution in [3.8, 4) is 16.9 Å². The zero-order valence-corrected chi connectivity index (χ0v) is 16.4. The normalized spacial score (nSPS) is 12.9. The third-order valence-corrected chi connectivity index (χ3v) is 5.11. The number of amides is 2. The molecule has 3 aromatic rings. The number of hydrogen-bond donors (Lipinski definition) is 0. The second kappa shape index (κ2) is 8.31. The molecular weight excluding hydrogens is 362 g/mol. The number of unbranched alkanes of at least 4 members (excludes halogenated alkanes) is 2. The molecule has 4 rings (SSSR count). The Hall–Kier alpha value is -3.40. The smallest absolute Gasteiger partial charge is 0.266 e. The zero-order chi connectivity index (χ0) is 20.2. The van der Waals surface area contributed by atoms with Gasteiger partial charge in [0.05, 0.1) is 23.4 Å². The summed E-state index contributed by atoms with van der Waals surface area (Å²) in [6.07, 6.45) is 3.10. The number of imide groups is 1. The maximum absolute atomic E-state index is 13.0. The number of ether oxygens (including phenoxy) is 1. The Labute approximate surface area is 170 Å². The van der Waals surface area contributed by atoms with E-state index in [1.165, 1.54) is 4.90 Å². The molecular formula is C25H23NO3. The number of anilines is 1. The lowest BCUT2D eigenvalue weighted by molar-refractivity contribution is 0.0925. The fourth-order valence-corrected chi connectivity index (χ4v) is 3.57. The largest absolute Gasteiger partial charge is 0.491 e. The van der Waals surface area contributed by atoms with Gasteiger partial charge in [0.15, 0.2) is 0 Å². The van der Waals surface area contributed by atoms with Gasteiger partial charge in [-0.05, 0) is 41.8 Å². The molecule has 0 radical (unpaired) electrons. The van der Waals surface area contributed by atoms with Crippen molar-refractivity contribution in [2.75, 3.05) is 11.5 Å². The van der Waals surface area contributed by atoms with Gasteiger partial charge in [-0.3, -0.25) is 9.59 Å². The zero-order valence-electron chi connectivity index (χ0n) is 16.4. The second-order valence-electron chi connectivity index (χ2n) is 7.10. The molecule has 0 saturated heterocycles. The summed E-state index contributed by atoms with van der Waals surface area (Å²) in [7, 11) is 0. The molecule has 1 aliphatic rings. The maximum atomic E-state index is 13.0. The van der Waals surface area contributed by atoms with E-state index in [9.17, 15) is 9.59 Å². The van der Waals surface area contributed by atoms with Crippen LogP contribution in [0.3, 0.4) is 0 Å². The second-order valence-corrected chi connectivity index (χ2v) is 7.10. The lowest BCUT2D eigenvalue weighted by atomic mass is 10.0. The van der Waals surface area contributed by atoms with Crippen LogP contribution in [0, 0.1) is 0 Å². The monoisotopic (exact) mass is 385 g/mol. The maximum Gasteiger partial charge on any atom is 0.266 e. The summed E-state index contributed by atoms with van der Waals surface area (Å²) in [4.78, 5) is 27.3. The first-order valence-corrected chi connectivity index (χ1v) is 10.0. The van der Waals surface area contributed by atoms with E-state index >= 15 is 0 Å². The molecule has 0 bridgehead atoms. The number of hydrogen-bond acceptors (Lipinski definition) is 3. The molecule has 1 heterocycles. The standard InChI is InChI=1S/C25H23NO3/c1-2-3-9-16-29-23-15-14-19(18-10-5-4-6-11-18)17-22(23)26-24(27)20-12-7-8-13-21(20)25(26)28/h4-8,10-15,17H,2-3,9,16H2,1H3. The topological polar surface area (TPSA) is 46.6 Å². The van der Waals surface area contributed by atoms with Crippen LogP contribution in [0.1, 0.15) is 46.9 Å². The third-order valence-electron chi connectivity index (χ3n) is 5.11. The van der Waals surface area contributed by atoms with E-state index in [0.717, 1.165) is 30.4 Å². The number of fused-ring (bicyclic) bond motifs is 1. The third kappa shape index (κ3) is 3.66. The summed E-state index contributed by atoms with van der Waals surface area (Å²) in [6, 6.07) is 22.5. The van der Waals surface area contributed by atoms with E-state index in [2.05, 4.69) is 6.92 Å². The molecule has 0 N–H and O–H groups in total. The van der Waals surface area contributed by atoms with E-state index in [0.29, 0.717) is 29.2 Å². The first-order chi connectivity index (χ1) is 14.2. The van der Waals surface area contributed by atoms with E-state index in [1.807, 2.05) is 48.5 Å². The molecule has 146 valence electrons. The van der Waals surface area contributed by atoms with Crippen molar-refractivity contribution in [1.29, 1.82) is 0 Å².